The molecule has 1 aliphatic heterocycles. The van der Waals surface area contributed by atoms with Gasteiger partial charge in [0, 0.05) is 6.04 Å². The van der Waals surface area contributed by atoms with E-state index in [1.807, 2.05) is 0 Å². The largest absolute Gasteiger partial charge is 0.461 e. The van der Waals surface area contributed by atoms with Crippen LogP contribution in [-0.4, -0.2) is 23.5 Å². The Morgan fingerprint density at radius 2 is 2.11 bits per heavy atom. The number of hydrogen-bond acceptors (Lipinski definition) is 4. The van der Waals surface area contributed by atoms with Crippen molar-refractivity contribution in [3.63, 3.8) is 0 Å². The first-order valence-corrected chi connectivity index (χ1v) is 6.60. The first kappa shape index (κ1) is 16.5. The zero-order chi connectivity index (χ0) is 13.0. The zero-order valence-electron chi connectivity index (χ0n) is 10.2. The predicted molar refractivity (Wildman–Crippen MR) is 76.9 cm³/mol. The van der Waals surface area contributed by atoms with Crippen molar-refractivity contribution >= 4 is 41.6 Å². The van der Waals surface area contributed by atoms with E-state index in [1.54, 1.807) is 12.1 Å². The quantitative estimate of drug-likeness (QED) is 0.683. The Hall–Kier alpha value is -0.550. The van der Waals surface area contributed by atoms with Gasteiger partial charge in [-0.2, -0.15) is 0 Å². The highest BCUT2D eigenvalue weighted by atomic mass is 35.5. The fourth-order valence-corrected chi connectivity index (χ4v) is 2.46. The van der Waals surface area contributed by atoms with Crippen molar-refractivity contribution in [2.24, 2.45) is 0 Å². The molecule has 1 fully saturated rings. The van der Waals surface area contributed by atoms with Gasteiger partial charge in [0.25, 0.3) is 0 Å². The van der Waals surface area contributed by atoms with Gasteiger partial charge in [-0.25, -0.2) is 4.98 Å². The number of carbonyl (C=O) groups is 1. The monoisotopic (exact) mass is 324 g/mol. The molecule has 1 N–H and O–H groups in total. The summed E-state index contributed by atoms with van der Waals surface area (Å²) in [6.45, 7) is 1.15. The van der Waals surface area contributed by atoms with Crippen molar-refractivity contribution in [1.29, 1.82) is 0 Å². The van der Waals surface area contributed by atoms with Crippen LogP contribution in [0.1, 0.15) is 24.8 Å². The molecule has 1 saturated heterocycles. The van der Waals surface area contributed by atoms with E-state index in [4.69, 9.17) is 27.9 Å². The van der Waals surface area contributed by atoms with Gasteiger partial charge in [0.1, 0.15) is 16.9 Å². The summed E-state index contributed by atoms with van der Waals surface area (Å²) in [6.07, 6.45) is 2.56. The summed E-state index contributed by atoms with van der Waals surface area (Å²) in [4.78, 5) is 15.4. The van der Waals surface area contributed by atoms with Crippen LogP contribution in [0.15, 0.2) is 12.1 Å². The van der Waals surface area contributed by atoms with Gasteiger partial charge >= 0.3 is 5.97 Å². The number of carbonyl (C=O) groups excluding carboxylic acids is 1. The number of aromatic nitrogens is 1. The first-order valence-electron chi connectivity index (χ1n) is 5.84. The number of halogens is 3. The summed E-state index contributed by atoms with van der Waals surface area (Å²) >= 11 is 11.5. The van der Waals surface area contributed by atoms with Crippen molar-refractivity contribution in [1.82, 2.24) is 10.3 Å². The molecule has 1 aliphatic rings. The van der Waals surface area contributed by atoms with E-state index in [1.165, 1.54) is 0 Å². The van der Waals surface area contributed by atoms with Crippen molar-refractivity contribution in [2.45, 2.75) is 31.9 Å². The van der Waals surface area contributed by atoms with Crippen molar-refractivity contribution in [3.8, 4) is 0 Å². The maximum absolute atomic E-state index is 11.6. The van der Waals surface area contributed by atoms with E-state index in [9.17, 15) is 4.79 Å². The molecule has 1 atom stereocenters. The van der Waals surface area contributed by atoms with Crippen molar-refractivity contribution in [2.75, 3.05) is 6.54 Å². The Labute approximate surface area is 128 Å². The summed E-state index contributed by atoms with van der Waals surface area (Å²) in [6, 6.07) is 3.52. The third-order valence-electron chi connectivity index (χ3n) is 2.80. The smallest absolute Gasteiger partial charge is 0.307 e. The number of rotatable bonds is 4. The molecule has 7 heteroatoms. The maximum atomic E-state index is 11.6. The third kappa shape index (κ3) is 5.53. The van der Waals surface area contributed by atoms with Crippen LogP contribution in [0.3, 0.4) is 0 Å². The summed E-state index contributed by atoms with van der Waals surface area (Å²) in [5.74, 6) is -0.210. The average molecular weight is 326 g/mol. The Kier molecular flexibility index (Phi) is 6.86. The molecule has 0 saturated carbocycles. The van der Waals surface area contributed by atoms with Crippen LogP contribution in [0.5, 0.6) is 0 Å². The lowest BCUT2D eigenvalue weighted by atomic mass is 10.2. The van der Waals surface area contributed by atoms with E-state index in [2.05, 4.69) is 10.3 Å². The highest BCUT2D eigenvalue weighted by Gasteiger charge is 2.18. The number of esters is 1. The molecule has 4 nitrogen and oxygen atoms in total. The van der Waals surface area contributed by atoms with E-state index < -0.39 is 0 Å². The van der Waals surface area contributed by atoms with Crippen LogP contribution in [0.2, 0.25) is 10.3 Å². The second-order valence-corrected chi connectivity index (χ2v) is 5.05. The molecule has 0 aromatic carbocycles. The highest BCUT2D eigenvalue weighted by molar-refractivity contribution is 6.32. The maximum Gasteiger partial charge on any atom is 0.307 e. The minimum atomic E-state index is -0.210. The molecule has 2 rings (SSSR count). The standard InChI is InChI=1S/C12H14Cl2N2O2.ClH/c13-10-4-8(5-11(14)16-10)7-18-12(17)6-9-2-1-3-15-9;/h4-5,9,15H,1-3,6-7H2;1H/t9-;/m0./s1. The van der Waals surface area contributed by atoms with Crippen LogP contribution in [0.4, 0.5) is 0 Å². The summed E-state index contributed by atoms with van der Waals surface area (Å²) in [5, 5.41) is 3.85. The lowest BCUT2D eigenvalue weighted by Gasteiger charge is -2.10. The van der Waals surface area contributed by atoms with Gasteiger partial charge in [0.2, 0.25) is 0 Å². The van der Waals surface area contributed by atoms with E-state index in [-0.39, 0.29) is 31.0 Å². The molecular weight excluding hydrogens is 311 g/mol. The lowest BCUT2D eigenvalue weighted by molar-refractivity contribution is -0.145. The summed E-state index contributed by atoms with van der Waals surface area (Å²) in [5.41, 5.74) is 0.743. The lowest BCUT2D eigenvalue weighted by Crippen LogP contribution is -2.25. The van der Waals surface area contributed by atoms with Crippen LogP contribution in [-0.2, 0) is 16.1 Å². The average Bonchev–Trinajstić information content (AvgIpc) is 2.78. The molecule has 0 unspecified atom stereocenters. The molecule has 0 bridgehead atoms. The molecule has 0 amide bonds. The van der Waals surface area contributed by atoms with Gasteiger partial charge in [-0.3, -0.25) is 4.79 Å². The highest BCUT2D eigenvalue weighted by Crippen LogP contribution is 2.16. The van der Waals surface area contributed by atoms with E-state index in [0.29, 0.717) is 16.7 Å². The Bertz CT molecular complexity index is 417. The van der Waals surface area contributed by atoms with Gasteiger partial charge in [-0.15, -0.1) is 12.4 Å². The Morgan fingerprint density at radius 1 is 1.42 bits per heavy atom. The number of nitrogens with zero attached hydrogens (tertiary/aromatic N) is 1. The SMILES string of the molecule is Cl.O=C(C[C@@H]1CCCN1)OCc1cc(Cl)nc(Cl)c1. The molecule has 106 valence electrons. The molecule has 2 heterocycles. The number of nitrogens with one attached hydrogen (secondary N) is 1. The number of hydrogen-bond donors (Lipinski definition) is 1. The van der Waals surface area contributed by atoms with Crippen LogP contribution < -0.4 is 5.32 Å². The molecule has 19 heavy (non-hydrogen) atoms. The molecule has 0 spiro atoms. The van der Waals surface area contributed by atoms with Gasteiger partial charge in [-0.1, -0.05) is 23.2 Å². The first-order chi connectivity index (χ1) is 8.63. The number of pyridine rings is 1. The third-order valence-corrected chi connectivity index (χ3v) is 3.19. The predicted octanol–water partition coefficient (Wildman–Crippen LogP) is 3.00. The minimum absolute atomic E-state index is 0. The zero-order valence-corrected chi connectivity index (χ0v) is 12.5. The van der Waals surface area contributed by atoms with Gasteiger partial charge < -0.3 is 10.1 Å². The van der Waals surface area contributed by atoms with Crippen molar-refractivity contribution < 1.29 is 9.53 Å². The normalized spacial score (nSPS) is 17.9. The summed E-state index contributed by atoms with van der Waals surface area (Å²) in [7, 11) is 0. The Balaban J connectivity index is 0.00000180. The molecule has 0 aliphatic carbocycles. The fourth-order valence-electron chi connectivity index (χ4n) is 1.95. The van der Waals surface area contributed by atoms with Crippen LogP contribution in [0, 0.1) is 0 Å². The number of ether oxygens (including phenoxy) is 1. The van der Waals surface area contributed by atoms with Crippen LogP contribution in [0.25, 0.3) is 0 Å². The molecular formula is C12H15Cl3N2O2. The van der Waals surface area contributed by atoms with Gasteiger partial charge in [0.05, 0.1) is 6.42 Å². The molecule has 1 aromatic heterocycles. The molecule has 1 aromatic rings. The van der Waals surface area contributed by atoms with Crippen molar-refractivity contribution in [3.05, 3.63) is 28.0 Å². The topological polar surface area (TPSA) is 51.2 Å². The van der Waals surface area contributed by atoms with Gasteiger partial charge in [-0.05, 0) is 37.1 Å². The minimum Gasteiger partial charge on any atom is -0.461 e. The van der Waals surface area contributed by atoms with E-state index >= 15 is 0 Å². The van der Waals surface area contributed by atoms with E-state index in [0.717, 1.165) is 24.9 Å². The molecule has 0 radical (unpaired) electrons. The summed E-state index contributed by atoms with van der Waals surface area (Å²) < 4.78 is 5.18. The van der Waals surface area contributed by atoms with Crippen LogP contribution >= 0.6 is 35.6 Å². The Morgan fingerprint density at radius 3 is 2.68 bits per heavy atom. The second kappa shape index (κ2) is 7.90. The van der Waals surface area contributed by atoms with Gasteiger partial charge in [0.15, 0.2) is 0 Å². The fraction of sp³-hybridized carbons (Fsp3) is 0.500. The second-order valence-electron chi connectivity index (χ2n) is 4.28.